The molecule has 0 spiro atoms. The highest BCUT2D eigenvalue weighted by molar-refractivity contribution is 5.54. The highest BCUT2D eigenvalue weighted by Gasteiger charge is 1.97. The zero-order valence-corrected chi connectivity index (χ0v) is 13.0. The third kappa shape index (κ3) is 8.08. The number of unbranched alkanes of at least 4 members (excludes halogenated alkanes) is 9. The van der Waals surface area contributed by atoms with E-state index in [0.717, 1.165) is 12.2 Å². The van der Waals surface area contributed by atoms with Gasteiger partial charge in [-0.05, 0) is 18.6 Å². The largest absolute Gasteiger partial charge is 0.506 e. The van der Waals surface area contributed by atoms with Crippen LogP contribution < -0.4 is 5.32 Å². The molecule has 2 heteroatoms. The van der Waals surface area contributed by atoms with Crippen molar-refractivity contribution in [1.29, 1.82) is 0 Å². The highest BCUT2D eigenvalue weighted by Crippen LogP contribution is 2.21. The van der Waals surface area contributed by atoms with Crippen LogP contribution in [0.5, 0.6) is 5.75 Å². The van der Waals surface area contributed by atoms with Gasteiger partial charge < -0.3 is 10.4 Å². The topological polar surface area (TPSA) is 32.3 Å². The second-order valence-corrected chi connectivity index (χ2v) is 5.63. The molecule has 0 radical (unpaired) electrons. The molecule has 114 valence electrons. The number of phenolic OH excluding ortho intramolecular Hbond substituents is 1. The van der Waals surface area contributed by atoms with Gasteiger partial charge in [0.1, 0.15) is 5.75 Å². The van der Waals surface area contributed by atoms with Gasteiger partial charge in [0.05, 0.1) is 5.69 Å². The SMILES string of the molecule is CCCCCCCCCCCCNc1ccccc1O. The van der Waals surface area contributed by atoms with E-state index in [0.29, 0.717) is 5.75 Å². The van der Waals surface area contributed by atoms with Crippen LogP contribution >= 0.6 is 0 Å². The molecular weight excluding hydrogens is 246 g/mol. The van der Waals surface area contributed by atoms with Crippen LogP contribution in [0.25, 0.3) is 0 Å². The van der Waals surface area contributed by atoms with Crippen LogP contribution in [0.3, 0.4) is 0 Å². The maximum atomic E-state index is 9.61. The molecule has 0 saturated carbocycles. The Bertz CT molecular complexity index is 338. The monoisotopic (exact) mass is 277 g/mol. The first-order chi connectivity index (χ1) is 9.84. The Kier molecular flexibility index (Phi) is 9.81. The molecule has 1 aromatic rings. The quantitative estimate of drug-likeness (QED) is 0.378. The first-order valence-electron chi connectivity index (χ1n) is 8.36. The summed E-state index contributed by atoms with van der Waals surface area (Å²) in [5.74, 6) is 0.347. The number of rotatable bonds is 12. The van der Waals surface area contributed by atoms with Gasteiger partial charge in [-0.3, -0.25) is 0 Å². The van der Waals surface area contributed by atoms with E-state index in [1.165, 1.54) is 64.2 Å². The Hall–Kier alpha value is -1.18. The molecule has 0 aliphatic rings. The number of phenols is 1. The lowest BCUT2D eigenvalue weighted by Gasteiger charge is -2.07. The molecule has 0 aromatic heterocycles. The van der Waals surface area contributed by atoms with Crippen molar-refractivity contribution < 1.29 is 5.11 Å². The fourth-order valence-corrected chi connectivity index (χ4v) is 2.46. The third-order valence-electron chi connectivity index (χ3n) is 3.75. The summed E-state index contributed by atoms with van der Waals surface area (Å²) in [6.45, 7) is 3.22. The summed E-state index contributed by atoms with van der Waals surface area (Å²) in [5.41, 5.74) is 0.850. The van der Waals surface area contributed by atoms with Crippen LogP contribution in [-0.4, -0.2) is 11.7 Å². The van der Waals surface area contributed by atoms with Gasteiger partial charge in [0.2, 0.25) is 0 Å². The van der Waals surface area contributed by atoms with Crippen molar-refractivity contribution in [3.63, 3.8) is 0 Å². The molecule has 0 fully saturated rings. The Balaban J connectivity index is 1.87. The second-order valence-electron chi connectivity index (χ2n) is 5.63. The Morgan fingerprint density at radius 2 is 1.35 bits per heavy atom. The summed E-state index contributed by atoms with van der Waals surface area (Å²) in [7, 11) is 0. The molecule has 2 N–H and O–H groups in total. The predicted octanol–water partition coefficient (Wildman–Crippen LogP) is 5.73. The Morgan fingerprint density at radius 1 is 0.800 bits per heavy atom. The number of hydrogen-bond donors (Lipinski definition) is 2. The zero-order valence-electron chi connectivity index (χ0n) is 13.0. The third-order valence-corrected chi connectivity index (χ3v) is 3.75. The number of para-hydroxylation sites is 2. The maximum Gasteiger partial charge on any atom is 0.138 e. The van der Waals surface area contributed by atoms with Crippen LogP contribution in [0.15, 0.2) is 24.3 Å². The van der Waals surface area contributed by atoms with Crippen LogP contribution in [0.1, 0.15) is 71.1 Å². The highest BCUT2D eigenvalue weighted by atomic mass is 16.3. The van der Waals surface area contributed by atoms with Crippen molar-refractivity contribution in [2.75, 3.05) is 11.9 Å². The molecule has 0 unspecified atom stereocenters. The van der Waals surface area contributed by atoms with Crippen molar-refractivity contribution in [3.05, 3.63) is 24.3 Å². The molecule has 0 amide bonds. The van der Waals surface area contributed by atoms with Crippen LogP contribution in [0.2, 0.25) is 0 Å². The average molecular weight is 277 g/mol. The molecule has 1 aromatic carbocycles. The van der Waals surface area contributed by atoms with E-state index in [2.05, 4.69) is 12.2 Å². The summed E-state index contributed by atoms with van der Waals surface area (Å²) < 4.78 is 0. The lowest BCUT2D eigenvalue weighted by atomic mass is 10.1. The summed E-state index contributed by atoms with van der Waals surface area (Å²) in [6, 6.07) is 7.44. The van der Waals surface area contributed by atoms with Gasteiger partial charge >= 0.3 is 0 Å². The van der Waals surface area contributed by atoms with E-state index < -0.39 is 0 Å². The Morgan fingerprint density at radius 3 is 1.95 bits per heavy atom. The van der Waals surface area contributed by atoms with Gasteiger partial charge in [0.25, 0.3) is 0 Å². The molecular formula is C18H31NO. The van der Waals surface area contributed by atoms with E-state index in [4.69, 9.17) is 0 Å². The van der Waals surface area contributed by atoms with Crippen molar-refractivity contribution in [1.82, 2.24) is 0 Å². The second kappa shape index (κ2) is 11.6. The summed E-state index contributed by atoms with van der Waals surface area (Å²) in [6.07, 6.45) is 13.6. The van der Waals surface area contributed by atoms with Crippen molar-refractivity contribution in [3.8, 4) is 5.75 Å². The molecule has 0 heterocycles. The standard InChI is InChI=1S/C18H31NO/c1-2-3-4-5-6-7-8-9-10-13-16-19-17-14-11-12-15-18(17)20/h11-12,14-15,19-20H,2-10,13,16H2,1H3. The average Bonchev–Trinajstić information content (AvgIpc) is 2.46. The number of benzene rings is 1. The van der Waals surface area contributed by atoms with E-state index in [-0.39, 0.29) is 0 Å². The summed E-state index contributed by atoms with van der Waals surface area (Å²) in [5, 5.41) is 12.9. The number of anilines is 1. The first-order valence-corrected chi connectivity index (χ1v) is 8.36. The maximum absolute atomic E-state index is 9.61. The number of hydrogen-bond acceptors (Lipinski definition) is 2. The molecule has 0 saturated heterocycles. The lowest BCUT2D eigenvalue weighted by molar-refractivity contribution is 0.477. The molecule has 2 nitrogen and oxygen atoms in total. The minimum Gasteiger partial charge on any atom is -0.506 e. The van der Waals surface area contributed by atoms with E-state index in [1.54, 1.807) is 6.07 Å². The molecule has 1 rings (SSSR count). The number of aromatic hydroxyl groups is 1. The van der Waals surface area contributed by atoms with Gasteiger partial charge in [-0.15, -0.1) is 0 Å². The van der Waals surface area contributed by atoms with Crippen molar-refractivity contribution >= 4 is 5.69 Å². The van der Waals surface area contributed by atoms with Crippen LogP contribution in [0.4, 0.5) is 5.69 Å². The van der Waals surface area contributed by atoms with E-state index >= 15 is 0 Å². The van der Waals surface area contributed by atoms with Gasteiger partial charge in [-0.25, -0.2) is 0 Å². The zero-order chi connectivity index (χ0) is 14.5. The van der Waals surface area contributed by atoms with Gasteiger partial charge in [0, 0.05) is 6.54 Å². The molecule has 20 heavy (non-hydrogen) atoms. The van der Waals surface area contributed by atoms with E-state index in [1.807, 2.05) is 18.2 Å². The fourth-order valence-electron chi connectivity index (χ4n) is 2.46. The minimum absolute atomic E-state index is 0.347. The number of nitrogens with one attached hydrogen (secondary N) is 1. The van der Waals surface area contributed by atoms with Crippen LogP contribution in [-0.2, 0) is 0 Å². The Labute approximate surface area is 124 Å². The van der Waals surface area contributed by atoms with Gasteiger partial charge in [0.15, 0.2) is 0 Å². The lowest BCUT2D eigenvalue weighted by Crippen LogP contribution is -2.01. The predicted molar refractivity (Wildman–Crippen MR) is 88.4 cm³/mol. The summed E-state index contributed by atoms with van der Waals surface area (Å²) >= 11 is 0. The molecule has 0 aliphatic carbocycles. The smallest absolute Gasteiger partial charge is 0.138 e. The van der Waals surface area contributed by atoms with Gasteiger partial charge in [-0.1, -0.05) is 76.8 Å². The van der Waals surface area contributed by atoms with E-state index in [9.17, 15) is 5.11 Å². The summed E-state index contributed by atoms with van der Waals surface area (Å²) in [4.78, 5) is 0. The molecule has 0 atom stereocenters. The van der Waals surface area contributed by atoms with Crippen LogP contribution in [0, 0.1) is 0 Å². The fraction of sp³-hybridized carbons (Fsp3) is 0.667. The first kappa shape index (κ1) is 16.9. The molecule has 0 aliphatic heterocycles. The van der Waals surface area contributed by atoms with Gasteiger partial charge in [-0.2, -0.15) is 0 Å². The van der Waals surface area contributed by atoms with Crippen molar-refractivity contribution in [2.45, 2.75) is 71.1 Å². The molecule has 0 bridgehead atoms. The minimum atomic E-state index is 0.347. The normalized spacial score (nSPS) is 10.7. The van der Waals surface area contributed by atoms with Crippen molar-refractivity contribution in [2.24, 2.45) is 0 Å².